The molecule has 0 atom stereocenters. The number of nitriles is 1. The lowest BCUT2D eigenvalue weighted by atomic mass is 10.0. The first-order chi connectivity index (χ1) is 12.2. The predicted molar refractivity (Wildman–Crippen MR) is 98.9 cm³/mol. The number of hydrogen-bond donors (Lipinski definition) is 1. The summed E-state index contributed by atoms with van der Waals surface area (Å²) in [7, 11) is 3.29. The fourth-order valence-electron chi connectivity index (χ4n) is 2.44. The second-order valence-corrected chi connectivity index (χ2v) is 6.13. The number of imidazole rings is 1. The van der Waals surface area contributed by atoms with Crippen LogP contribution < -0.4 is 9.47 Å². The molecular weight excluding hydrogens is 334 g/mol. The molecule has 6 heteroatoms. The van der Waals surface area contributed by atoms with Crippen molar-refractivity contribution in [2.24, 2.45) is 0 Å². The Morgan fingerprint density at radius 2 is 1.52 bits per heavy atom. The van der Waals surface area contributed by atoms with Gasteiger partial charge in [0.1, 0.15) is 11.5 Å². The van der Waals surface area contributed by atoms with E-state index in [4.69, 9.17) is 14.7 Å². The Morgan fingerprint density at radius 3 is 2.04 bits per heavy atom. The first kappa shape index (κ1) is 16.9. The summed E-state index contributed by atoms with van der Waals surface area (Å²) in [6, 6.07) is 17.7. The van der Waals surface area contributed by atoms with E-state index in [1.165, 1.54) is 11.8 Å². The molecule has 25 heavy (non-hydrogen) atoms. The molecule has 1 N–H and O–H groups in total. The average molecular weight is 351 g/mol. The summed E-state index contributed by atoms with van der Waals surface area (Å²) in [6.45, 7) is 0. The van der Waals surface area contributed by atoms with E-state index in [1.807, 2.05) is 48.5 Å². The second kappa shape index (κ2) is 7.77. The molecule has 0 aliphatic rings. The van der Waals surface area contributed by atoms with E-state index in [2.05, 4.69) is 16.0 Å². The van der Waals surface area contributed by atoms with Gasteiger partial charge in [-0.15, -0.1) is 0 Å². The van der Waals surface area contributed by atoms with Crippen LogP contribution in [0.1, 0.15) is 0 Å². The highest BCUT2D eigenvalue weighted by Crippen LogP contribution is 2.34. The average Bonchev–Trinajstić information content (AvgIpc) is 3.10. The van der Waals surface area contributed by atoms with Gasteiger partial charge in [-0.1, -0.05) is 11.8 Å². The lowest BCUT2D eigenvalue weighted by molar-refractivity contribution is 0.414. The molecule has 0 aliphatic heterocycles. The number of nitrogens with one attached hydrogen (secondary N) is 1. The number of thioether (sulfide) groups is 1. The molecule has 0 radical (unpaired) electrons. The molecule has 5 nitrogen and oxygen atoms in total. The van der Waals surface area contributed by atoms with Crippen LogP contribution in [-0.4, -0.2) is 29.9 Å². The number of aromatic nitrogens is 2. The molecule has 0 spiro atoms. The van der Waals surface area contributed by atoms with Gasteiger partial charge in [0.2, 0.25) is 0 Å². The molecule has 0 bridgehead atoms. The zero-order valence-electron chi connectivity index (χ0n) is 13.9. The van der Waals surface area contributed by atoms with Crippen molar-refractivity contribution in [2.75, 3.05) is 20.0 Å². The highest BCUT2D eigenvalue weighted by molar-refractivity contribution is 7.99. The van der Waals surface area contributed by atoms with Crippen LogP contribution in [-0.2, 0) is 0 Å². The molecule has 0 aliphatic carbocycles. The van der Waals surface area contributed by atoms with E-state index in [9.17, 15) is 0 Å². The van der Waals surface area contributed by atoms with Gasteiger partial charge in [-0.2, -0.15) is 5.26 Å². The molecule has 3 rings (SSSR count). The Morgan fingerprint density at radius 1 is 0.960 bits per heavy atom. The van der Waals surface area contributed by atoms with Gasteiger partial charge < -0.3 is 14.5 Å². The summed E-state index contributed by atoms with van der Waals surface area (Å²) < 4.78 is 10.4. The molecule has 3 aromatic rings. The standard InChI is InChI=1S/C19H17N3O2S/c1-23-15-7-3-13(4-8-15)17-18(22-19(21-17)25-12-11-20)14-5-9-16(24-2)10-6-14/h3-10H,12H2,1-2H3,(H,21,22). The molecule has 1 aromatic heterocycles. The van der Waals surface area contributed by atoms with E-state index in [0.717, 1.165) is 39.2 Å². The Hall–Kier alpha value is -2.91. The molecular formula is C19H17N3O2S. The molecule has 1 heterocycles. The summed E-state index contributed by atoms with van der Waals surface area (Å²) >= 11 is 1.38. The van der Waals surface area contributed by atoms with Crippen LogP contribution in [0.15, 0.2) is 53.7 Å². The van der Waals surface area contributed by atoms with Crippen LogP contribution >= 0.6 is 11.8 Å². The third kappa shape index (κ3) is 3.78. The number of nitrogens with zero attached hydrogens (tertiary/aromatic N) is 2. The van der Waals surface area contributed by atoms with Crippen LogP contribution in [0.5, 0.6) is 11.5 Å². The minimum atomic E-state index is 0.345. The maximum atomic E-state index is 8.81. The van der Waals surface area contributed by atoms with E-state index in [1.54, 1.807) is 14.2 Å². The fourth-order valence-corrected chi connectivity index (χ4v) is 2.98. The van der Waals surface area contributed by atoms with Gasteiger partial charge in [0.05, 0.1) is 37.4 Å². The Kier molecular flexibility index (Phi) is 5.26. The lowest BCUT2D eigenvalue weighted by Crippen LogP contribution is -1.87. The normalized spacial score (nSPS) is 10.3. The number of aromatic amines is 1. The molecule has 0 saturated carbocycles. The van der Waals surface area contributed by atoms with Crippen molar-refractivity contribution in [3.05, 3.63) is 48.5 Å². The van der Waals surface area contributed by atoms with Crippen molar-refractivity contribution in [2.45, 2.75) is 5.16 Å². The first-order valence-corrected chi connectivity index (χ1v) is 8.62. The predicted octanol–water partition coefficient (Wildman–Crippen LogP) is 4.38. The fraction of sp³-hybridized carbons (Fsp3) is 0.158. The summed E-state index contributed by atoms with van der Waals surface area (Å²) in [5.41, 5.74) is 3.73. The van der Waals surface area contributed by atoms with Gasteiger partial charge in [-0.05, 0) is 48.5 Å². The van der Waals surface area contributed by atoms with Crippen LogP contribution in [0.2, 0.25) is 0 Å². The Labute approximate surface area is 150 Å². The van der Waals surface area contributed by atoms with Crippen molar-refractivity contribution in [1.82, 2.24) is 9.97 Å². The molecule has 0 unspecified atom stereocenters. The van der Waals surface area contributed by atoms with Gasteiger partial charge in [0.15, 0.2) is 5.16 Å². The maximum absolute atomic E-state index is 8.81. The quantitative estimate of drug-likeness (QED) is 0.668. The van der Waals surface area contributed by atoms with E-state index in [0.29, 0.717) is 5.75 Å². The van der Waals surface area contributed by atoms with Gasteiger partial charge >= 0.3 is 0 Å². The van der Waals surface area contributed by atoms with Crippen LogP contribution in [0, 0.1) is 11.3 Å². The molecule has 0 fully saturated rings. The number of methoxy groups -OCH3 is 2. The molecule has 0 amide bonds. The van der Waals surface area contributed by atoms with Crippen molar-refractivity contribution in [3.8, 4) is 40.1 Å². The van der Waals surface area contributed by atoms with Crippen molar-refractivity contribution < 1.29 is 9.47 Å². The van der Waals surface area contributed by atoms with Gasteiger partial charge in [0.25, 0.3) is 0 Å². The number of H-pyrrole nitrogens is 1. The minimum Gasteiger partial charge on any atom is -0.497 e. The van der Waals surface area contributed by atoms with Crippen LogP contribution in [0.25, 0.3) is 22.5 Å². The smallest absolute Gasteiger partial charge is 0.167 e. The monoisotopic (exact) mass is 351 g/mol. The number of hydrogen-bond acceptors (Lipinski definition) is 5. The van der Waals surface area contributed by atoms with Crippen LogP contribution in [0.3, 0.4) is 0 Å². The summed E-state index contributed by atoms with van der Waals surface area (Å²) in [5, 5.41) is 9.53. The zero-order valence-corrected chi connectivity index (χ0v) is 14.8. The summed E-state index contributed by atoms with van der Waals surface area (Å²) in [5.74, 6) is 1.94. The van der Waals surface area contributed by atoms with Crippen LogP contribution in [0.4, 0.5) is 0 Å². The molecule has 0 saturated heterocycles. The Bertz CT molecular complexity index is 816. The van der Waals surface area contributed by atoms with Crippen molar-refractivity contribution in [1.29, 1.82) is 5.26 Å². The largest absolute Gasteiger partial charge is 0.497 e. The van der Waals surface area contributed by atoms with Crippen molar-refractivity contribution in [3.63, 3.8) is 0 Å². The van der Waals surface area contributed by atoms with Crippen molar-refractivity contribution >= 4 is 11.8 Å². The second-order valence-electron chi connectivity index (χ2n) is 5.17. The Balaban J connectivity index is 2.04. The lowest BCUT2D eigenvalue weighted by Gasteiger charge is -2.06. The highest BCUT2D eigenvalue weighted by atomic mass is 32.2. The first-order valence-electron chi connectivity index (χ1n) is 7.63. The molecule has 126 valence electrons. The number of rotatable bonds is 6. The van der Waals surface area contributed by atoms with E-state index in [-0.39, 0.29) is 0 Å². The highest BCUT2D eigenvalue weighted by Gasteiger charge is 2.15. The van der Waals surface area contributed by atoms with Gasteiger partial charge in [-0.25, -0.2) is 4.98 Å². The minimum absolute atomic E-state index is 0.345. The van der Waals surface area contributed by atoms with Gasteiger partial charge in [0, 0.05) is 11.1 Å². The maximum Gasteiger partial charge on any atom is 0.167 e. The third-order valence-electron chi connectivity index (χ3n) is 3.70. The van der Waals surface area contributed by atoms with E-state index < -0.39 is 0 Å². The molecule has 2 aromatic carbocycles. The SMILES string of the molecule is COc1ccc(-c2nc(SCC#N)[nH]c2-c2ccc(OC)cc2)cc1. The van der Waals surface area contributed by atoms with Gasteiger partial charge in [-0.3, -0.25) is 0 Å². The number of ether oxygens (including phenoxy) is 2. The third-order valence-corrected chi connectivity index (χ3v) is 4.44. The number of benzene rings is 2. The topological polar surface area (TPSA) is 70.9 Å². The zero-order chi connectivity index (χ0) is 17.6. The summed E-state index contributed by atoms with van der Waals surface area (Å²) in [6.07, 6.45) is 0. The summed E-state index contributed by atoms with van der Waals surface area (Å²) in [4.78, 5) is 8.00. The van der Waals surface area contributed by atoms with E-state index >= 15 is 0 Å².